The molecule has 0 aromatic heterocycles. The summed E-state index contributed by atoms with van der Waals surface area (Å²) in [6.45, 7) is 0.324. The van der Waals surface area contributed by atoms with Crippen LogP contribution < -0.4 is 10.5 Å². The highest BCUT2D eigenvalue weighted by Gasteiger charge is 2.42. The number of hydrogen-bond acceptors (Lipinski definition) is 3. The molecule has 0 spiro atoms. The third-order valence-electron chi connectivity index (χ3n) is 5.19. The lowest BCUT2D eigenvalue weighted by atomic mass is 9.98. The van der Waals surface area contributed by atoms with Crippen molar-refractivity contribution >= 4 is 6.09 Å². The smallest absolute Gasteiger partial charge is 0.416 e. The molecular weight excluding hydrogens is 407 g/mol. The van der Waals surface area contributed by atoms with Crippen LogP contribution >= 0.6 is 0 Å². The topological polar surface area (TPSA) is 61.6 Å². The second-order valence-corrected chi connectivity index (χ2v) is 7.42. The van der Waals surface area contributed by atoms with Crippen LogP contribution in [0.1, 0.15) is 29.0 Å². The Bertz CT molecular complexity index is 1070. The van der Waals surface area contributed by atoms with Gasteiger partial charge >= 0.3 is 12.3 Å². The Kier molecular flexibility index (Phi) is 5.59. The van der Waals surface area contributed by atoms with Gasteiger partial charge < -0.3 is 15.2 Å². The van der Waals surface area contributed by atoms with E-state index < -0.39 is 17.8 Å². The van der Waals surface area contributed by atoms with E-state index >= 15 is 0 Å². The summed E-state index contributed by atoms with van der Waals surface area (Å²) in [5.74, 6) is 0.559. The molecule has 1 amide bonds. The van der Waals surface area contributed by atoms with Gasteiger partial charge in [0.15, 0.2) is 0 Å². The molecule has 3 aromatic carbocycles. The van der Waals surface area contributed by atoms with E-state index in [9.17, 15) is 18.0 Å². The fraction of sp³-hybridized carbons (Fsp3) is 0.208. The molecule has 4 nitrogen and oxygen atoms in total. The Morgan fingerprint density at radius 1 is 1.00 bits per heavy atom. The van der Waals surface area contributed by atoms with Gasteiger partial charge in [-0.25, -0.2) is 4.79 Å². The van der Waals surface area contributed by atoms with Gasteiger partial charge in [0.2, 0.25) is 0 Å². The number of hydrogen-bond donors (Lipinski definition) is 1. The van der Waals surface area contributed by atoms with Gasteiger partial charge in [-0.2, -0.15) is 13.2 Å². The molecule has 0 aliphatic heterocycles. The SMILES string of the molecule is NC(=O)O[C@@H]1C[C@H]1c1ccc(OCc2ccccc2)c(-c2ccc(C(F)(F)F)cc2)c1. The number of rotatable bonds is 6. The molecule has 2 atom stereocenters. The zero-order valence-electron chi connectivity index (χ0n) is 16.4. The van der Waals surface area contributed by atoms with E-state index in [0.717, 1.165) is 23.3 Å². The van der Waals surface area contributed by atoms with Gasteiger partial charge in [-0.1, -0.05) is 48.5 Å². The van der Waals surface area contributed by atoms with E-state index in [0.29, 0.717) is 29.9 Å². The Hall–Kier alpha value is -3.48. The van der Waals surface area contributed by atoms with Gasteiger partial charge in [0.1, 0.15) is 18.5 Å². The quantitative estimate of drug-likeness (QED) is 0.533. The normalized spacial score (nSPS) is 17.8. The predicted octanol–water partition coefficient (Wildman–Crippen LogP) is 5.90. The second-order valence-electron chi connectivity index (χ2n) is 7.42. The molecular formula is C24H20F3NO3. The van der Waals surface area contributed by atoms with Crippen molar-refractivity contribution < 1.29 is 27.4 Å². The van der Waals surface area contributed by atoms with Gasteiger partial charge in [-0.05, 0) is 47.4 Å². The minimum absolute atomic E-state index is 0.00358. The average Bonchev–Trinajstić information content (AvgIpc) is 3.50. The van der Waals surface area contributed by atoms with Crippen LogP contribution in [0, 0.1) is 0 Å². The standard InChI is InChI=1S/C24H20F3NO3/c25-24(26,27)18-9-6-16(7-10-18)19-12-17(20-13-22(20)31-23(28)29)8-11-21(19)30-14-15-4-2-1-3-5-15/h1-12,20,22H,13-14H2,(H2,28,29)/t20-,22+/m0/s1. The molecule has 1 fully saturated rings. The summed E-state index contributed by atoms with van der Waals surface area (Å²) in [5.41, 5.74) is 7.54. The van der Waals surface area contributed by atoms with Crippen molar-refractivity contribution in [3.05, 3.63) is 89.5 Å². The van der Waals surface area contributed by atoms with Crippen molar-refractivity contribution in [1.82, 2.24) is 0 Å². The molecule has 4 rings (SSSR count). The van der Waals surface area contributed by atoms with Crippen LogP contribution in [0.15, 0.2) is 72.8 Å². The monoisotopic (exact) mass is 427 g/mol. The van der Waals surface area contributed by atoms with Crippen LogP contribution in [0.4, 0.5) is 18.0 Å². The molecule has 0 bridgehead atoms. The molecule has 1 aliphatic carbocycles. The zero-order valence-corrected chi connectivity index (χ0v) is 16.4. The average molecular weight is 427 g/mol. The van der Waals surface area contributed by atoms with Crippen molar-refractivity contribution in [2.24, 2.45) is 5.73 Å². The first-order valence-corrected chi connectivity index (χ1v) is 9.75. The van der Waals surface area contributed by atoms with Crippen LogP contribution in [-0.2, 0) is 17.5 Å². The molecule has 0 radical (unpaired) electrons. The number of alkyl halides is 3. The zero-order chi connectivity index (χ0) is 22.0. The first-order chi connectivity index (χ1) is 14.8. The Balaban J connectivity index is 1.63. The molecule has 1 aliphatic rings. The van der Waals surface area contributed by atoms with Gasteiger partial charge in [0, 0.05) is 11.5 Å². The van der Waals surface area contributed by atoms with E-state index in [2.05, 4.69) is 0 Å². The van der Waals surface area contributed by atoms with Gasteiger partial charge in [-0.15, -0.1) is 0 Å². The van der Waals surface area contributed by atoms with Gasteiger partial charge in [0.25, 0.3) is 0 Å². The number of ether oxygens (including phenoxy) is 2. The number of nitrogens with two attached hydrogens (primary N) is 1. The van der Waals surface area contributed by atoms with E-state index in [1.165, 1.54) is 12.1 Å². The highest BCUT2D eigenvalue weighted by molar-refractivity contribution is 5.72. The Morgan fingerprint density at radius 3 is 2.35 bits per heavy atom. The van der Waals surface area contributed by atoms with Crippen LogP contribution in [0.25, 0.3) is 11.1 Å². The summed E-state index contributed by atoms with van der Waals surface area (Å²) >= 11 is 0. The van der Waals surface area contributed by atoms with Crippen molar-refractivity contribution in [3.8, 4) is 16.9 Å². The van der Waals surface area contributed by atoms with Crippen LogP contribution in [0.3, 0.4) is 0 Å². The summed E-state index contributed by atoms with van der Waals surface area (Å²) in [7, 11) is 0. The van der Waals surface area contributed by atoms with Crippen LogP contribution in [-0.4, -0.2) is 12.2 Å². The van der Waals surface area contributed by atoms with Gasteiger partial charge in [0.05, 0.1) is 5.56 Å². The van der Waals surface area contributed by atoms with Crippen molar-refractivity contribution in [2.45, 2.75) is 31.2 Å². The minimum Gasteiger partial charge on any atom is -0.488 e. The van der Waals surface area contributed by atoms with Gasteiger partial charge in [-0.3, -0.25) is 0 Å². The minimum atomic E-state index is -4.40. The molecule has 0 saturated heterocycles. The number of carbonyl (C=O) groups excluding carboxylic acids is 1. The highest BCUT2D eigenvalue weighted by atomic mass is 19.4. The van der Waals surface area contributed by atoms with Crippen molar-refractivity contribution in [2.75, 3.05) is 0 Å². The molecule has 0 unspecified atom stereocenters. The maximum Gasteiger partial charge on any atom is 0.416 e. The Labute approximate surface area is 177 Å². The molecule has 3 aromatic rings. The molecule has 7 heteroatoms. The predicted molar refractivity (Wildman–Crippen MR) is 109 cm³/mol. The fourth-order valence-corrected chi connectivity index (χ4v) is 3.51. The lowest BCUT2D eigenvalue weighted by molar-refractivity contribution is -0.137. The molecule has 0 heterocycles. The molecule has 1 saturated carbocycles. The summed E-state index contributed by atoms with van der Waals surface area (Å²) in [5, 5.41) is 0. The lowest BCUT2D eigenvalue weighted by Crippen LogP contribution is -2.14. The third-order valence-corrected chi connectivity index (χ3v) is 5.19. The Morgan fingerprint density at radius 2 is 1.71 bits per heavy atom. The maximum absolute atomic E-state index is 13.0. The summed E-state index contributed by atoms with van der Waals surface area (Å²) < 4.78 is 49.9. The van der Waals surface area contributed by atoms with Crippen molar-refractivity contribution in [3.63, 3.8) is 0 Å². The number of amides is 1. The van der Waals surface area contributed by atoms with E-state index in [4.69, 9.17) is 15.2 Å². The third kappa shape index (κ3) is 4.99. The van der Waals surface area contributed by atoms with Crippen LogP contribution in [0.5, 0.6) is 5.75 Å². The number of benzene rings is 3. The second kappa shape index (κ2) is 8.34. The highest BCUT2D eigenvalue weighted by Crippen LogP contribution is 2.46. The first kappa shape index (κ1) is 20.8. The molecule has 31 heavy (non-hydrogen) atoms. The number of primary amides is 1. The summed E-state index contributed by atoms with van der Waals surface area (Å²) in [4.78, 5) is 11.0. The largest absolute Gasteiger partial charge is 0.488 e. The van der Waals surface area contributed by atoms with Crippen LogP contribution in [0.2, 0.25) is 0 Å². The maximum atomic E-state index is 13.0. The number of carbonyl (C=O) groups is 1. The molecule has 2 N–H and O–H groups in total. The summed E-state index contributed by atoms with van der Waals surface area (Å²) in [6.07, 6.45) is -4.85. The van der Waals surface area contributed by atoms with E-state index in [1.54, 1.807) is 6.07 Å². The molecule has 160 valence electrons. The van der Waals surface area contributed by atoms with Crippen molar-refractivity contribution in [1.29, 1.82) is 0 Å². The van der Waals surface area contributed by atoms with E-state index in [1.807, 2.05) is 42.5 Å². The first-order valence-electron chi connectivity index (χ1n) is 9.75. The lowest BCUT2D eigenvalue weighted by Gasteiger charge is -2.15. The number of halogens is 3. The fourth-order valence-electron chi connectivity index (χ4n) is 3.51. The summed E-state index contributed by atoms with van der Waals surface area (Å²) in [6, 6.07) is 20.1. The van der Waals surface area contributed by atoms with E-state index in [-0.39, 0.29) is 12.0 Å².